The molecule has 0 spiro atoms. The summed E-state index contributed by atoms with van der Waals surface area (Å²) in [5, 5.41) is 3.55. The van der Waals surface area contributed by atoms with Crippen molar-refractivity contribution in [3.8, 4) is 11.1 Å². The van der Waals surface area contributed by atoms with E-state index in [1.54, 1.807) is 6.07 Å². The van der Waals surface area contributed by atoms with Crippen molar-refractivity contribution in [3.63, 3.8) is 0 Å². The minimum atomic E-state index is -0.140. The number of benzene rings is 2. The van der Waals surface area contributed by atoms with Crippen molar-refractivity contribution >= 4 is 0 Å². The van der Waals surface area contributed by atoms with Gasteiger partial charge in [-0.05, 0) is 61.1 Å². The quantitative estimate of drug-likeness (QED) is 0.869. The first-order valence-corrected chi connectivity index (χ1v) is 7.23. The van der Waals surface area contributed by atoms with Crippen LogP contribution in [0, 0.1) is 19.7 Å². The van der Waals surface area contributed by atoms with Crippen LogP contribution in [0.2, 0.25) is 0 Å². The van der Waals surface area contributed by atoms with Crippen molar-refractivity contribution in [2.24, 2.45) is 0 Å². The second-order valence-corrected chi connectivity index (χ2v) is 5.78. The summed E-state index contributed by atoms with van der Waals surface area (Å²) in [6.45, 7) is 4.80. The lowest BCUT2D eigenvalue weighted by atomic mass is 9.96. The number of nitrogens with one attached hydrogen (secondary N) is 1. The summed E-state index contributed by atoms with van der Waals surface area (Å²) >= 11 is 0. The third kappa shape index (κ3) is 2.91. The maximum absolute atomic E-state index is 13.4. The molecular weight excluding hydrogens is 249 g/mol. The van der Waals surface area contributed by atoms with Gasteiger partial charge in [0.25, 0.3) is 0 Å². The third-order valence-corrected chi connectivity index (χ3v) is 3.89. The number of hydrogen-bond donors (Lipinski definition) is 1. The smallest absolute Gasteiger partial charge is 0.126 e. The lowest BCUT2D eigenvalue weighted by Gasteiger charge is -2.13. The fourth-order valence-corrected chi connectivity index (χ4v) is 2.47. The van der Waals surface area contributed by atoms with Gasteiger partial charge >= 0.3 is 0 Å². The van der Waals surface area contributed by atoms with Gasteiger partial charge in [-0.1, -0.05) is 29.8 Å². The molecule has 0 aromatic heterocycles. The molecule has 1 aliphatic carbocycles. The molecule has 2 aromatic carbocycles. The lowest BCUT2D eigenvalue weighted by molar-refractivity contribution is 0.619. The van der Waals surface area contributed by atoms with E-state index < -0.39 is 0 Å². The third-order valence-electron chi connectivity index (χ3n) is 3.89. The molecule has 1 nitrogen and oxygen atoms in total. The molecule has 0 unspecified atom stereocenters. The van der Waals surface area contributed by atoms with Gasteiger partial charge in [0.2, 0.25) is 0 Å². The average Bonchev–Trinajstić information content (AvgIpc) is 3.24. The van der Waals surface area contributed by atoms with E-state index >= 15 is 0 Å². The van der Waals surface area contributed by atoms with Gasteiger partial charge in [0.05, 0.1) is 0 Å². The topological polar surface area (TPSA) is 12.0 Å². The van der Waals surface area contributed by atoms with Gasteiger partial charge < -0.3 is 5.32 Å². The normalized spacial score (nSPS) is 14.6. The Labute approximate surface area is 119 Å². The first kappa shape index (κ1) is 13.3. The summed E-state index contributed by atoms with van der Waals surface area (Å²) in [5.41, 5.74) is 5.53. The number of rotatable bonds is 4. The molecule has 1 fully saturated rings. The predicted molar refractivity (Wildman–Crippen MR) is 81.2 cm³/mol. The molecule has 1 N–H and O–H groups in total. The molecular formula is C18H20FN. The maximum atomic E-state index is 13.4. The number of hydrogen-bond acceptors (Lipinski definition) is 1. The fraction of sp³-hybridized carbons (Fsp3) is 0.333. The molecule has 0 bridgehead atoms. The first-order chi connectivity index (χ1) is 9.63. The SMILES string of the molecule is Cc1ccc(CNC2CC2)c(-c2ccc(F)c(C)c2)c1. The molecule has 1 saturated carbocycles. The van der Waals surface area contributed by atoms with E-state index in [1.807, 2.05) is 19.1 Å². The minimum Gasteiger partial charge on any atom is -0.310 e. The van der Waals surface area contributed by atoms with Gasteiger partial charge in [0.1, 0.15) is 5.82 Å². The Hall–Kier alpha value is -1.67. The Kier molecular flexibility index (Phi) is 3.58. The Morgan fingerprint density at radius 1 is 1.10 bits per heavy atom. The van der Waals surface area contributed by atoms with E-state index in [1.165, 1.54) is 29.5 Å². The summed E-state index contributed by atoms with van der Waals surface area (Å²) in [7, 11) is 0. The summed E-state index contributed by atoms with van der Waals surface area (Å²) in [4.78, 5) is 0. The van der Waals surface area contributed by atoms with Gasteiger partial charge in [-0.25, -0.2) is 4.39 Å². The highest BCUT2D eigenvalue weighted by molar-refractivity contribution is 5.69. The molecule has 0 aliphatic heterocycles. The van der Waals surface area contributed by atoms with E-state index in [0.29, 0.717) is 11.6 Å². The average molecular weight is 269 g/mol. The monoisotopic (exact) mass is 269 g/mol. The highest BCUT2D eigenvalue weighted by Gasteiger charge is 2.20. The van der Waals surface area contributed by atoms with Gasteiger partial charge in [-0.2, -0.15) is 0 Å². The molecule has 104 valence electrons. The summed E-state index contributed by atoms with van der Waals surface area (Å²) < 4.78 is 13.4. The van der Waals surface area contributed by atoms with Crippen molar-refractivity contribution in [3.05, 3.63) is 58.9 Å². The molecule has 0 heterocycles. The van der Waals surface area contributed by atoms with Crippen LogP contribution < -0.4 is 5.32 Å². The first-order valence-electron chi connectivity index (χ1n) is 7.23. The Morgan fingerprint density at radius 2 is 1.90 bits per heavy atom. The van der Waals surface area contributed by atoms with Gasteiger partial charge in [-0.3, -0.25) is 0 Å². The van der Waals surface area contributed by atoms with Crippen LogP contribution in [0.25, 0.3) is 11.1 Å². The van der Waals surface area contributed by atoms with Crippen molar-refractivity contribution in [2.75, 3.05) is 0 Å². The molecule has 0 amide bonds. The molecule has 2 aromatic rings. The predicted octanol–water partition coefficient (Wildman–Crippen LogP) is 4.36. The number of halogens is 1. The molecule has 1 aliphatic rings. The van der Waals surface area contributed by atoms with Crippen LogP contribution >= 0.6 is 0 Å². The fourth-order valence-electron chi connectivity index (χ4n) is 2.47. The van der Waals surface area contributed by atoms with Crippen molar-refractivity contribution in [2.45, 2.75) is 39.3 Å². The largest absolute Gasteiger partial charge is 0.310 e. The Balaban J connectivity index is 1.96. The van der Waals surface area contributed by atoms with E-state index in [4.69, 9.17) is 0 Å². The van der Waals surface area contributed by atoms with E-state index in [0.717, 1.165) is 12.1 Å². The van der Waals surface area contributed by atoms with Crippen LogP contribution in [0.4, 0.5) is 4.39 Å². The van der Waals surface area contributed by atoms with Crippen molar-refractivity contribution < 1.29 is 4.39 Å². The zero-order valence-corrected chi connectivity index (χ0v) is 12.0. The van der Waals surface area contributed by atoms with Crippen LogP contribution in [0.15, 0.2) is 36.4 Å². The molecule has 20 heavy (non-hydrogen) atoms. The van der Waals surface area contributed by atoms with Crippen LogP contribution in [0.3, 0.4) is 0 Å². The molecule has 0 radical (unpaired) electrons. The zero-order chi connectivity index (χ0) is 14.1. The molecule has 0 atom stereocenters. The van der Waals surface area contributed by atoms with Gasteiger partial charge in [0, 0.05) is 12.6 Å². The Bertz CT molecular complexity index is 629. The molecule has 0 saturated heterocycles. The standard InChI is InChI=1S/C18H20FN/c1-12-3-4-15(11-20-16-6-7-16)17(9-12)14-5-8-18(19)13(2)10-14/h3-5,8-10,16,20H,6-7,11H2,1-2H3. The highest BCUT2D eigenvalue weighted by atomic mass is 19.1. The van der Waals surface area contributed by atoms with Crippen LogP contribution in [0.5, 0.6) is 0 Å². The molecule has 2 heteroatoms. The Morgan fingerprint density at radius 3 is 2.60 bits per heavy atom. The van der Waals surface area contributed by atoms with Crippen molar-refractivity contribution in [1.82, 2.24) is 5.32 Å². The molecule has 3 rings (SSSR count). The second kappa shape index (κ2) is 5.37. The summed E-state index contributed by atoms with van der Waals surface area (Å²) in [5.74, 6) is -0.140. The minimum absolute atomic E-state index is 0.140. The van der Waals surface area contributed by atoms with E-state index in [-0.39, 0.29) is 5.82 Å². The van der Waals surface area contributed by atoms with Crippen molar-refractivity contribution in [1.29, 1.82) is 0 Å². The van der Waals surface area contributed by atoms with Crippen LogP contribution in [-0.4, -0.2) is 6.04 Å². The van der Waals surface area contributed by atoms with Gasteiger partial charge in [0.15, 0.2) is 0 Å². The maximum Gasteiger partial charge on any atom is 0.126 e. The van der Waals surface area contributed by atoms with E-state index in [2.05, 4.69) is 30.4 Å². The summed E-state index contributed by atoms with van der Waals surface area (Å²) in [6.07, 6.45) is 2.58. The second-order valence-electron chi connectivity index (χ2n) is 5.78. The highest BCUT2D eigenvalue weighted by Crippen LogP contribution is 2.28. The van der Waals surface area contributed by atoms with E-state index in [9.17, 15) is 4.39 Å². The zero-order valence-electron chi connectivity index (χ0n) is 12.0. The van der Waals surface area contributed by atoms with Crippen LogP contribution in [-0.2, 0) is 6.54 Å². The summed E-state index contributed by atoms with van der Waals surface area (Å²) in [6, 6.07) is 12.6. The number of aryl methyl sites for hydroxylation is 2. The van der Waals surface area contributed by atoms with Crippen LogP contribution in [0.1, 0.15) is 29.5 Å². The lowest BCUT2D eigenvalue weighted by Crippen LogP contribution is -2.15. The van der Waals surface area contributed by atoms with Gasteiger partial charge in [-0.15, -0.1) is 0 Å².